The van der Waals surface area contributed by atoms with Gasteiger partial charge < -0.3 is 10.1 Å². The first kappa shape index (κ1) is 20.2. The van der Waals surface area contributed by atoms with Crippen molar-refractivity contribution in [1.82, 2.24) is 4.31 Å². The van der Waals surface area contributed by atoms with E-state index in [0.29, 0.717) is 37.6 Å². The number of hydrogen-bond acceptors (Lipinski definition) is 4. The fourth-order valence-electron chi connectivity index (χ4n) is 2.75. The number of hydrogen-bond donors (Lipinski definition) is 1. The number of nitrogens with zero attached hydrogens (tertiary/aromatic N) is 1. The van der Waals surface area contributed by atoms with E-state index in [2.05, 4.69) is 5.32 Å². The summed E-state index contributed by atoms with van der Waals surface area (Å²) in [5, 5.41) is 2.70. The number of carbonyl (C=O) groups is 1. The number of carbonyl (C=O) groups excluding carboxylic acids is 1. The average Bonchev–Trinajstić information content (AvgIpc) is 2.70. The molecule has 1 heterocycles. The van der Waals surface area contributed by atoms with Crippen molar-refractivity contribution in [2.45, 2.75) is 11.8 Å². The van der Waals surface area contributed by atoms with Gasteiger partial charge in [-0.25, -0.2) is 12.8 Å². The zero-order valence-corrected chi connectivity index (χ0v) is 16.2. The van der Waals surface area contributed by atoms with Gasteiger partial charge in [-0.05, 0) is 48.4 Å². The summed E-state index contributed by atoms with van der Waals surface area (Å²) < 4.78 is 45.1. The highest BCUT2D eigenvalue weighted by Gasteiger charge is 2.26. The molecule has 3 rings (SSSR count). The van der Waals surface area contributed by atoms with Gasteiger partial charge >= 0.3 is 0 Å². The van der Waals surface area contributed by atoms with Gasteiger partial charge in [0.25, 0.3) is 0 Å². The normalized spacial score (nSPS) is 15.6. The van der Waals surface area contributed by atoms with Gasteiger partial charge in [0.1, 0.15) is 5.82 Å². The molecule has 1 N–H and O–H groups in total. The molecule has 0 atom stereocenters. The molecule has 6 nitrogen and oxygen atoms in total. The Labute approximate surface area is 163 Å². The average molecular weight is 404 g/mol. The lowest BCUT2D eigenvalue weighted by atomic mass is 10.2. The van der Waals surface area contributed by atoms with Crippen LogP contribution in [0.3, 0.4) is 0 Å². The SMILES string of the molecule is Cc1ccc(S(=O)(=O)N2CCOCC2)cc1NC(=O)/C=C/c1ccc(F)cc1. The smallest absolute Gasteiger partial charge is 0.248 e. The summed E-state index contributed by atoms with van der Waals surface area (Å²) in [5.41, 5.74) is 1.84. The van der Waals surface area contributed by atoms with Crippen molar-refractivity contribution in [3.63, 3.8) is 0 Å². The Morgan fingerprint density at radius 1 is 1.14 bits per heavy atom. The zero-order chi connectivity index (χ0) is 20.1. The molecule has 1 saturated heterocycles. The second-order valence-electron chi connectivity index (χ2n) is 6.37. The van der Waals surface area contributed by atoms with Gasteiger partial charge in [-0.15, -0.1) is 0 Å². The molecule has 1 amide bonds. The first-order valence-electron chi connectivity index (χ1n) is 8.79. The Morgan fingerprint density at radius 3 is 2.50 bits per heavy atom. The quantitative estimate of drug-likeness (QED) is 0.778. The largest absolute Gasteiger partial charge is 0.379 e. The van der Waals surface area contributed by atoms with E-state index in [4.69, 9.17) is 4.74 Å². The molecule has 0 bridgehead atoms. The maximum absolute atomic E-state index is 12.9. The number of anilines is 1. The lowest BCUT2D eigenvalue weighted by molar-refractivity contribution is -0.111. The summed E-state index contributed by atoms with van der Waals surface area (Å²) in [4.78, 5) is 12.3. The van der Waals surface area contributed by atoms with Crippen molar-refractivity contribution in [2.24, 2.45) is 0 Å². The first-order chi connectivity index (χ1) is 13.4. The van der Waals surface area contributed by atoms with E-state index in [0.717, 1.165) is 5.56 Å². The van der Waals surface area contributed by atoms with E-state index in [-0.39, 0.29) is 10.7 Å². The Bertz CT molecular complexity index is 982. The lowest BCUT2D eigenvalue weighted by Crippen LogP contribution is -2.40. The van der Waals surface area contributed by atoms with Crippen molar-refractivity contribution < 1.29 is 22.3 Å². The molecule has 1 aliphatic rings. The van der Waals surface area contributed by atoms with Gasteiger partial charge in [0.05, 0.1) is 18.1 Å². The van der Waals surface area contributed by atoms with Crippen LogP contribution in [0.2, 0.25) is 0 Å². The minimum Gasteiger partial charge on any atom is -0.379 e. The highest BCUT2D eigenvalue weighted by molar-refractivity contribution is 7.89. The van der Waals surface area contributed by atoms with Gasteiger partial charge in [0.2, 0.25) is 15.9 Å². The Kier molecular flexibility index (Phi) is 6.23. The third-order valence-corrected chi connectivity index (χ3v) is 6.27. The van der Waals surface area contributed by atoms with Crippen LogP contribution in [0, 0.1) is 12.7 Å². The Hall–Kier alpha value is -2.55. The van der Waals surface area contributed by atoms with Gasteiger partial charge in [0, 0.05) is 24.9 Å². The molecule has 0 saturated carbocycles. The van der Waals surface area contributed by atoms with Crippen LogP contribution >= 0.6 is 0 Å². The number of sulfonamides is 1. The molecular formula is C20H21FN2O4S. The standard InChI is InChI=1S/C20H21FN2O4S/c1-15-2-8-18(28(25,26)23-10-12-27-13-11-23)14-19(15)22-20(24)9-5-16-3-6-17(21)7-4-16/h2-9,14H,10-13H2,1H3,(H,22,24)/b9-5+. The van der Waals surface area contributed by atoms with Crippen LogP contribution in [0.25, 0.3) is 6.08 Å². The topological polar surface area (TPSA) is 75.7 Å². The highest BCUT2D eigenvalue weighted by atomic mass is 32.2. The van der Waals surface area contributed by atoms with Gasteiger partial charge in [-0.2, -0.15) is 4.31 Å². The summed E-state index contributed by atoms with van der Waals surface area (Å²) in [6.45, 7) is 3.12. The third-order valence-electron chi connectivity index (χ3n) is 4.37. The molecule has 148 valence electrons. The molecule has 0 spiro atoms. The van der Waals surface area contributed by atoms with Crippen LogP contribution < -0.4 is 5.32 Å². The summed E-state index contributed by atoms with van der Waals surface area (Å²) in [7, 11) is -3.65. The van der Waals surface area contributed by atoms with Crippen molar-refractivity contribution in [2.75, 3.05) is 31.6 Å². The maximum Gasteiger partial charge on any atom is 0.248 e. The molecule has 1 fully saturated rings. The number of aryl methyl sites for hydroxylation is 1. The predicted octanol–water partition coefficient (Wildman–Crippen LogP) is 2.81. The molecular weight excluding hydrogens is 383 g/mol. The predicted molar refractivity (Wildman–Crippen MR) is 105 cm³/mol. The van der Waals surface area contributed by atoms with E-state index < -0.39 is 15.9 Å². The third kappa shape index (κ3) is 4.83. The van der Waals surface area contributed by atoms with Crippen molar-refractivity contribution in [1.29, 1.82) is 0 Å². The second kappa shape index (κ2) is 8.64. The van der Waals surface area contributed by atoms with Crippen LogP contribution in [0.4, 0.5) is 10.1 Å². The number of morpholine rings is 1. The molecule has 0 unspecified atom stereocenters. The highest BCUT2D eigenvalue weighted by Crippen LogP contribution is 2.23. The van der Waals surface area contributed by atoms with Crippen LogP contribution in [0.5, 0.6) is 0 Å². The number of rotatable bonds is 5. The molecule has 0 aliphatic carbocycles. The molecule has 28 heavy (non-hydrogen) atoms. The summed E-state index contributed by atoms with van der Waals surface area (Å²) in [5.74, 6) is -0.760. The number of amides is 1. The summed E-state index contributed by atoms with van der Waals surface area (Å²) in [6, 6.07) is 10.4. The van der Waals surface area contributed by atoms with Gasteiger partial charge in [-0.1, -0.05) is 18.2 Å². The van der Waals surface area contributed by atoms with Crippen LogP contribution in [0.1, 0.15) is 11.1 Å². The van der Waals surface area contributed by atoms with Crippen molar-refractivity contribution in [3.8, 4) is 0 Å². The Morgan fingerprint density at radius 2 is 1.82 bits per heavy atom. The fraction of sp³-hybridized carbons (Fsp3) is 0.250. The van der Waals surface area contributed by atoms with E-state index in [9.17, 15) is 17.6 Å². The second-order valence-corrected chi connectivity index (χ2v) is 8.31. The number of nitrogens with one attached hydrogen (secondary N) is 1. The van der Waals surface area contributed by atoms with Crippen LogP contribution in [0.15, 0.2) is 53.4 Å². The monoisotopic (exact) mass is 404 g/mol. The maximum atomic E-state index is 12.9. The van der Waals surface area contributed by atoms with Crippen LogP contribution in [-0.2, 0) is 19.6 Å². The van der Waals surface area contributed by atoms with Gasteiger partial charge in [0.15, 0.2) is 0 Å². The van der Waals surface area contributed by atoms with Crippen molar-refractivity contribution >= 4 is 27.7 Å². The minimum atomic E-state index is -3.65. The van der Waals surface area contributed by atoms with E-state index in [1.165, 1.54) is 34.6 Å². The van der Waals surface area contributed by atoms with Gasteiger partial charge in [-0.3, -0.25) is 4.79 Å². The number of halogens is 1. The van der Waals surface area contributed by atoms with E-state index in [1.54, 1.807) is 31.2 Å². The van der Waals surface area contributed by atoms with Crippen LogP contribution in [-0.4, -0.2) is 44.9 Å². The Balaban J connectivity index is 1.75. The summed E-state index contributed by atoms with van der Waals surface area (Å²) in [6.07, 6.45) is 2.87. The molecule has 8 heteroatoms. The molecule has 1 aliphatic heterocycles. The molecule has 2 aromatic carbocycles. The lowest BCUT2D eigenvalue weighted by Gasteiger charge is -2.26. The first-order valence-corrected chi connectivity index (χ1v) is 10.2. The van der Waals surface area contributed by atoms with E-state index >= 15 is 0 Å². The number of benzene rings is 2. The molecule has 0 radical (unpaired) electrons. The molecule has 0 aromatic heterocycles. The molecule has 2 aromatic rings. The number of ether oxygens (including phenoxy) is 1. The fourth-order valence-corrected chi connectivity index (χ4v) is 4.19. The zero-order valence-electron chi connectivity index (χ0n) is 15.4. The van der Waals surface area contributed by atoms with E-state index in [1.807, 2.05) is 0 Å². The minimum absolute atomic E-state index is 0.123. The summed E-state index contributed by atoms with van der Waals surface area (Å²) >= 11 is 0. The van der Waals surface area contributed by atoms with Crippen molar-refractivity contribution in [3.05, 3.63) is 65.5 Å².